The maximum Gasteiger partial charge on any atom is 0.348 e. The average Bonchev–Trinajstić information content (AvgIpc) is 3.10. The van der Waals surface area contributed by atoms with Gasteiger partial charge in [-0.15, -0.1) is 11.3 Å². The van der Waals surface area contributed by atoms with Gasteiger partial charge in [-0.1, -0.05) is 13.3 Å². The third kappa shape index (κ3) is 3.84. The van der Waals surface area contributed by atoms with E-state index < -0.39 is 0 Å². The van der Waals surface area contributed by atoms with Gasteiger partial charge in [0.15, 0.2) is 0 Å². The molecule has 0 radical (unpaired) electrons. The van der Waals surface area contributed by atoms with Gasteiger partial charge < -0.3 is 4.74 Å². The van der Waals surface area contributed by atoms with Crippen LogP contribution >= 0.6 is 27.3 Å². The minimum absolute atomic E-state index is 0.0131. The zero-order chi connectivity index (χ0) is 19.0. The molecule has 1 aliphatic carbocycles. The standard InChI is InChI=1S/C20H19BrN2O3S/c1-2-12-3-5-16-13(7-12)8-17(27-16)20(25)26-11-15-9-19(24)23-10-14(21)4-6-18(23)22-15/h4,6,8-10,12H,2-3,5,7,11H2,1H3. The molecule has 4 rings (SSSR count). The van der Waals surface area contributed by atoms with E-state index in [1.807, 2.05) is 12.1 Å². The fraction of sp³-hybridized carbons (Fsp3) is 0.350. The van der Waals surface area contributed by atoms with Crippen molar-refractivity contribution in [1.82, 2.24) is 9.38 Å². The molecule has 1 aliphatic rings. The summed E-state index contributed by atoms with van der Waals surface area (Å²) in [5.74, 6) is 0.367. The number of aryl methyl sites for hydroxylation is 1. The lowest BCUT2D eigenvalue weighted by molar-refractivity contribution is 0.0473. The molecule has 27 heavy (non-hydrogen) atoms. The SMILES string of the molecule is CCC1CCc2sc(C(=O)OCc3cc(=O)n4cc(Br)ccc4n3)cc2C1. The van der Waals surface area contributed by atoms with Crippen molar-refractivity contribution in [3.63, 3.8) is 0 Å². The Labute approximate surface area is 169 Å². The molecule has 3 heterocycles. The zero-order valence-corrected chi connectivity index (χ0v) is 17.3. The number of fused-ring (bicyclic) bond motifs is 2. The summed E-state index contributed by atoms with van der Waals surface area (Å²) in [4.78, 5) is 31.0. The number of esters is 1. The van der Waals surface area contributed by atoms with E-state index in [1.54, 1.807) is 12.3 Å². The molecule has 0 aliphatic heterocycles. The quantitative estimate of drug-likeness (QED) is 0.557. The Bertz CT molecular complexity index is 1070. The maximum atomic E-state index is 12.5. The molecule has 1 unspecified atom stereocenters. The molecular formula is C20H19BrN2O3S. The van der Waals surface area contributed by atoms with E-state index in [9.17, 15) is 9.59 Å². The summed E-state index contributed by atoms with van der Waals surface area (Å²) in [5, 5.41) is 0. The first-order valence-corrected chi connectivity index (χ1v) is 10.6. The summed E-state index contributed by atoms with van der Waals surface area (Å²) in [7, 11) is 0. The second kappa shape index (κ2) is 7.56. The van der Waals surface area contributed by atoms with Crippen molar-refractivity contribution < 1.29 is 9.53 Å². The fourth-order valence-electron chi connectivity index (χ4n) is 3.46. The summed E-state index contributed by atoms with van der Waals surface area (Å²) in [6.45, 7) is 2.20. The van der Waals surface area contributed by atoms with Gasteiger partial charge in [0.2, 0.25) is 0 Å². The van der Waals surface area contributed by atoms with Gasteiger partial charge in [-0.25, -0.2) is 9.78 Å². The number of hydrogen-bond donors (Lipinski definition) is 0. The average molecular weight is 447 g/mol. The van der Waals surface area contributed by atoms with E-state index in [0.29, 0.717) is 22.1 Å². The van der Waals surface area contributed by atoms with Crippen molar-refractivity contribution in [2.24, 2.45) is 5.92 Å². The molecule has 0 N–H and O–H groups in total. The molecule has 5 nitrogen and oxygen atoms in total. The van der Waals surface area contributed by atoms with Crippen LogP contribution in [0, 0.1) is 5.92 Å². The molecule has 0 spiro atoms. The van der Waals surface area contributed by atoms with Gasteiger partial charge in [-0.2, -0.15) is 0 Å². The highest BCUT2D eigenvalue weighted by Crippen LogP contribution is 2.33. The molecule has 3 aromatic heterocycles. The van der Waals surface area contributed by atoms with Crippen LogP contribution in [0.4, 0.5) is 0 Å². The third-order valence-electron chi connectivity index (χ3n) is 4.99. The van der Waals surface area contributed by atoms with Gasteiger partial charge in [0.25, 0.3) is 5.56 Å². The first kappa shape index (κ1) is 18.4. The van der Waals surface area contributed by atoms with Crippen LogP contribution in [0.25, 0.3) is 5.65 Å². The Morgan fingerprint density at radius 2 is 2.26 bits per heavy atom. The lowest BCUT2D eigenvalue weighted by atomic mass is 9.87. The molecule has 0 amide bonds. The Balaban J connectivity index is 1.48. The van der Waals surface area contributed by atoms with Crippen LogP contribution < -0.4 is 5.56 Å². The monoisotopic (exact) mass is 446 g/mol. The molecule has 0 fully saturated rings. The van der Waals surface area contributed by atoms with Crippen molar-refractivity contribution in [1.29, 1.82) is 0 Å². The number of pyridine rings is 1. The first-order chi connectivity index (χ1) is 13.0. The van der Waals surface area contributed by atoms with Crippen molar-refractivity contribution >= 4 is 38.9 Å². The Morgan fingerprint density at radius 3 is 3.07 bits per heavy atom. The highest BCUT2D eigenvalue weighted by Gasteiger charge is 2.22. The number of hydrogen-bond acceptors (Lipinski definition) is 5. The van der Waals surface area contributed by atoms with E-state index in [4.69, 9.17) is 4.74 Å². The number of carbonyl (C=O) groups is 1. The Morgan fingerprint density at radius 1 is 1.41 bits per heavy atom. The normalized spacial score (nSPS) is 16.3. The molecular weight excluding hydrogens is 428 g/mol. The number of rotatable bonds is 4. The summed E-state index contributed by atoms with van der Waals surface area (Å²) in [6.07, 6.45) is 6.13. The van der Waals surface area contributed by atoms with Gasteiger partial charge in [-0.3, -0.25) is 9.20 Å². The summed E-state index contributed by atoms with van der Waals surface area (Å²) < 4.78 is 7.67. The maximum absolute atomic E-state index is 12.5. The van der Waals surface area contributed by atoms with Gasteiger partial charge in [0.05, 0.1) is 5.69 Å². The predicted molar refractivity (Wildman–Crippen MR) is 108 cm³/mol. The van der Waals surface area contributed by atoms with Crippen LogP contribution in [0.15, 0.2) is 39.7 Å². The number of nitrogens with zero attached hydrogens (tertiary/aromatic N) is 2. The number of carbonyl (C=O) groups excluding carboxylic acids is 1. The first-order valence-electron chi connectivity index (χ1n) is 9.00. The van der Waals surface area contributed by atoms with Crippen LogP contribution in [0.5, 0.6) is 0 Å². The molecule has 0 saturated carbocycles. The Hall–Kier alpha value is -1.99. The summed E-state index contributed by atoms with van der Waals surface area (Å²) in [6, 6.07) is 6.94. The van der Waals surface area contributed by atoms with E-state index in [2.05, 4.69) is 27.8 Å². The van der Waals surface area contributed by atoms with Crippen LogP contribution in [-0.2, 0) is 24.2 Å². The largest absolute Gasteiger partial charge is 0.455 e. The number of aromatic nitrogens is 2. The lowest BCUT2D eigenvalue weighted by Crippen LogP contribution is -2.16. The van der Waals surface area contributed by atoms with Crippen LogP contribution in [-0.4, -0.2) is 15.4 Å². The van der Waals surface area contributed by atoms with Crippen molar-refractivity contribution in [2.75, 3.05) is 0 Å². The van der Waals surface area contributed by atoms with E-state index in [1.165, 1.54) is 45.1 Å². The minimum atomic E-state index is -0.347. The summed E-state index contributed by atoms with van der Waals surface area (Å²) in [5.41, 5.74) is 2.05. The zero-order valence-electron chi connectivity index (χ0n) is 14.9. The van der Waals surface area contributed by atoms with Crippen molar-refractivity contribution in [3.8, 4) is 0 Å². The topological polar surface area (TPSA) is 60.7 Å². The van der Waals surface area contributed by atoms with Gasteiger partial charge in [0, 0.05) is 21.6 Å². The second-order valence-electron chi connectivity index (χ2n) is 6.81. The summed E-state index contributed by atoms with van der Waals surface area (Å²) >= 11 is 4.87. The molecule has 3 aromatic rings. The molecule has 0 bridgehead atoms. The highest BCUT2D eigenvalue weighted by molar-refractivity contribution is 9.10. The molecule has 7 heteroatoms. The van der Waals surface area contributed by atoms with Gasteiger partial charge in [-0.05, 0) is 64.9 Å². The number of thiophene rings is 1. The molecule has 1 atom stereocenters. The minimum Gasteiger partial charge on any atom is -0.455 e. The second-order valence-corrected chi connectivity index (χ2v) is 8.87. The Kier molecular flexibility index (Phi) is 5.14. The third-order valence-corrected chi connectivity index (χ3v) is 6.68. The van der Waals surface area contributed by atoms with Crippen LogP contribution in [0.3, 0.4) is 0 Å². The van der Waals surface area contributed by atoms with Crippen molar-refractivity contribution in [2.45, 2.75) is 39.2 Å². The van der Waals surface area contributed by atoms with Gasteiger partial charge >= 0.3 is 5.97 Å². The fourth-order valence-corrected chi connectivity index (χ4v) is 4.90. The smallest absolute Gasteiger partial charge is 0.348 e. The molecule has 140 valence electrons. The molecule has 0 saturated heterocycles. The lowest BCUT2D eigenvalue weighted by Gasteiger charge is -2.19. The predicted octanol–water partition coefficient (Wildman–Crippen LogP) is 4.39. The van der Waals surface area contributed by atoms with E-state index in [-0.39, 0.29) is 18.1 Å². The highest BCUT2D eigenvalue weighted by atomic mass is 79.9. The van der Waals surface area contributed by atoms with E-state index >= 15 is 0 Å². The molecule has 0 aromatic carbocycles. The van der Waals surface area contributed by atoms with E-state index in [0.717, 1.165) is 17.3 Å². The number of ether oxygens (including phenoxy) is 1. The number of halogens is 1. The van der Waals surface area contributed by atoms with Crippen LogP contribution in [0.2, 0.25) is 0 Å². The van der Waals surface area contributed by atoms with Crippen molar-refractivity contribution in [3.05, 3.63) is 66.3 Å². The van der Waals surface area contributed by atoms with Gasteiger partial charge in [0.1, 0.15) is 17.1 Å². The van der Waals surface area contributed by atoms with Crippen LogP contribution in [0.1, 0.15) is 45.6 Å².